The van der Waals surface area contributed by atoms with E-state index in [4.69, 9.17) is 9.15 Å². The van der Waals surface area contributed by atoms with Crippen molar-refractivity contribution in [2.75, 3.05) is 44.7 Å². The quantitative estimate of drug-likeness (QED) is 0.651. The van der Waals surface area contributed by atoms with Gasteiger partial charge in [0.05, 0.1) is 19.4 Å². The van der Waals surface area contributed by atoms with Crippen LogP contribution in [0.2, 0.25) is 0 Å². The van der Waals surface area contributed by atoms with Crippen LogP contribution < -0.4 is 15.0 Å². The number of benzene rings is 2. The Kier molecular flexibility index (Phi) is 6.35. The van der Waals surface area contributed by atoms with Crippen molar-refractivity contribution in [3.8, 4) is 5.75 Å². The second-order valence-electron chi connectivity index (χ2n) is 7.33. The van der Waals surface area contributed by atoms with E-state index in [0.717, 1.165) is 37.7 Å². The molecule has 1 N–H and O–H groups in total. The third-order valence-corrected chi connectivity index (χ3v) is 5.56. The summed E-state index contributed by atoms with van der Waals surface area (Å²) in [6.07, 6.45) is 1.69. The molecule has 1 saturated heterocycles. The Morgan fingerprint density at radius 3 is 2.37 bits per heavy atom. The van der Waals surface area contributed by atoms with E-state index in [-0.39, 0.29) is 11.9 Å². The Labute approximate surface area is 177 Å². The number of amides is 1. The second kappa shape index (κ2) is 9.50. The van der Waals surface area contributed by atoms with Crippen LogP contribution in [0.4, 0.5) is 5.69 Å². The molecule has 1 aliphatic heterocycles. The van der Waals surface area contributed by atoms with Gasteiger partial charge in [-0.15, -0.1) is 0 Å². The fraction of sp³-hybridized carbons (Fsp3) is 0.292. The molecule has 3 aromatic rings. The van der Waals surface area contributed by atoms with Gasteiger partial charge in [-0.25, -0.2) is 0 Å². The summed E-state index contributed by atoms with van der Waals surface area (Å²) in [6.45, 7) is 4.17. The van der Waals surface area contributed by atoms with Crippen molar-refractivity contribution in [2.45, 2.75) is 6.04 Å². The predicted molar refractivity (Wildman–Crippen MR) is 117 cm³/mol. The Morgan fingerprint density at radius 2 is 1.73 bits per heavy atom. The normalized spacial score (nSPS) is 15.6. The number of methoxy groups -OCH3 is 1. The first-order chi connectivity index (χ1) is 14.7. The number of nitrogens with zero attached hydrogens (tertiary/aromatic N) is 2. The summed E-state index contributed by atoms with van der Waals surface area (Å²) in [6, 6.07) is 21.5. The van der Waals surface area contributed by atoms with Crippen molar-refractivity contribution in [2.24, 2.45) is 0 Å². The van der Waals surface area contributed by atoms with Gasteiger partial charge >= 0.3 is 0 Å². The minimum absolute atomic E-state index is 0.000113. The summed E-state index contributed by atoms with van der Waals surface area (Å²) < 4.78 is 10.9. The molecule has 0 bridgehead atoms. The molecule has 2 aromatic carbocycles. The lowest BCUT2D eigenvalue weighted by atomic mass is 10.1. The van der Waals surface area contributed by atoms with Gasteiger partial charge in [-0.05, 0) is 48.5 Å². The number of ether oxygens (including phenoxy) is 1. The third-order valence-electron chi connectivity index (χ3n) is 5.56. The third kappa shape index (κ3) is 4.66. The van der Waals surface area contributed by atoms with Gasteiger partial charge in [0.25, 0.3) is 5.91 Å². The van der Waals surface area contributed by atoms with Crippen molar-refractivity contribution in [1.82, 2.24) is 10.2 Å². The minimum Gasteiger partial charge on any atom is -0.497 e. The van der Waals surface area contributed by atoms with E-state index in [0.29, 0.717) is 12.1 Å². The highest BCUT2D eigenvalue weighted by atomic mass is 16.5. The van der Waals surface area contributed by atoms with E-state index in [1.54, 1.807) is 37.6 Å². The van der Waals surface area contributed by atoms with Crippen LogP contribution in [0.5, 0.6) is 5.75 Å². The smallest absolute Gasteiger partial charge is 0.251 e. The average molecular weight is 405 g/mol. The van der Waals surface area contributed by atoms with Gasteiger partial charge < -0.3 is 19.4 Å². The molecule has 1 aromatic heterocycles. The lowest BCUT2D eigenvalue weighted by Crippen LogP contribution is -2.49. The van der Waals surface area contributed by atoms with Crippen LogP contribution in [0.1, 0.15) is 22.2 Å². The van der Waals surface area contributed by atoms with E-state index < -0.39 is 0 Å². The first-order valence-electron chi connectivity index (χ1n) is 10.2. The van der Waals surface area contributed by atoms with Crippen LogP contribution in [-0.4, -0.2) is 50.6 Å². The molecule has 30 heavy (non-hydrogen) atoms. The molecular formula is C24H27N3O3. The SMILES string of the molecule is COc1ccc(C(=O)NCC(c2ccco2)N2CCN(c3ccccc3)CC2)cc1. The molecule has 0 radical (unpaired) electrons. The number of rotatable bonds is 7. The molecule has 1 amide bonds. The van der Waals surface area contributed by atoms with Crippen molar-refractivity contribution >= 4 is 11.6 Å². The van der Waals surface area contributed by atoms with Crippen molar-refractivity contribution in [3.63, 3.8) is 0 Å². The summed E-state index contributed by atoms with van der Waals surface area (Å²) in [5.41, 5.74) is 1.86. The van der Waals surface area contributed by atoms with Crippen LogP contribution in [0.3, 0.4) is 0 Å². The van der Waals surface area contributed by atoms with E-state index >= 15 is 0 Å². The zero-order valence-corrected chi connectivity index (χ0v) is 17.2. The highest BCUT2D eigenvalue weighted by Gasteiger charge is 2.27. The highest BCUT2D eigenvalue weighted by molar-refractivity contribution is 5.94. The second-order valence-corrected chi connectivity index (χ2v) is 7.33. The maximum Gasteiger partial charge on any atom is 0.251 e. The van der Waals surface area contributed by atoms with Crippen molar-refractivity contribution < 1.29 is 13.9 Å². The number of hydrogen-bond donors (Lipinski definition) is 1. The number of carbonyl (C=O) groups excluding carboxylic acids is 1. The molecule has 4 rings (SSSR count). The number of para-hydroxylation sites is 1. The Morgan fingerprint density at radius 1 is 1.00 bits per heavy atom. The Bertz CT molecular complexity index is 918. The van der Waals surface area contributed by atoms with Gasteiger partial charge in [-0.2, -0.15) is 0 Å². The molecule has 2 heterocycles. The molecule has 6 heteroatoms. The van der Waals surface area contributed by atoms with Gasteiger partial charge in [0.2, 0.25) is 0 Å². The largest absolute Gasteiger partial charge is 0.497 e. The van der Waals surface area contributed by atoms with E-state index in [1.165, 1.54) is 5.69 Å². The van der Waals surface area contributed by atoms with Crippen LogP contribution in [0, 0.1) is 0 Å². The van der Waals surface area contributed by atoms with Gasteiger partial charge in [-0.1, -0.05) is 18.2 Å². The van der Waals surface area contributed by atoms with E-state index in [9.17, 15) is 4.79 Å². The summed E-state index contributed by atoms with van der Waals surface area (Å²) >= 11 is 0. The van der Waals surface area contributed by atoms with Crippen LogP contribution in [0.25, 0.3) is 0 Å². The standard InChI is InChI=1S/C24H27N3O3/c1-29-21-11-9-19(10-12-21)24(28)25-18-22(23-8-5-17-30-23)27-15-13-26(14-16-27)20-6-3-2-4-7-20/h2-12,17,22H,13-16,18H2,1H3,(H,25,28). The topological polar surface area (TPSA) is 58.0 Å². The van der Waals surface area contributed by atoms with Gasteiger partial charge in [0.1, 0.15) is 11.5 Å². The zero-order valence-electron chi connectivity index (χ0n) is 17.2. The first-order valence-corrected chi connectivity index (χ1v) is 10.2. The van der Waals surface area contributed by atoms with Gasteiger partial charge in [0.15, 0.2) is 0 Å². The highest BCUT2D eigenvalue weighted by Crippen LogP contribution is 2.24. The molecular weight excluding hydrogens is 378 g/mol. The fourth-order valence-corrected chi connectivity index (χ4v) is 3.85. The Hall–Kier alpha value is -3.25. The first kappa shape index (κ1) is 20.0. The number of piperazine rings is 1. The monoisotopic (exact) mass is 405 g/mol. The summed E-state index contributed by atoms with van der Waals surface area (Å²) in [5, 5.41) is 3.07. The Balaban J connectivity index is 1.39. The molecule has 0 aliphatic carbocycles. The molecule has 0 spiro atoms. The lowest BCUT2D eigenvalue weighted by molar-refractivity contribution is 0.0923. The number of carbonyl (C=O) groups is 1. The molecule has 156 valence electrons. The maximum absolute atomic E-state index is 12.6. The van der Waals surface area contributed by atoms with Gasteiger partial charge in [-0.3, -0.25) is 9.69 Å². The molecule has 1 fully saturated rings. The number of nitrogens with one attached hydrogen (secondary N) is 1. The molecule has 6 nitrogen and oxygen atoms in total. The predicted octanol–water partition coefficient (Wildman–Crippen LogP) is 3.58. The number of hydrogen-bond acceptors (Lipinski definition) is 5. The summed E-state index contributed by atoms with van der Waals surface area (Å²) in [4.78, 5) is 17.4. The molecule has 1 aliphatic rings. The average Bonchev–Trinajstić information content (AvgIpc) is 3.35. The zero-order chi connectivity index (χ0) is 20.8. The summed E-state index contributed by atoms with van der Waals surface area (Å²) in [5.74, 6) is 1.51. The number of furan rings is 1. The molecule has 1 atom stereocenters. The lowest BCUT2D eigenvalue weighted by Gasteiger charge is -2.39. The van der Waals surface area contributed by atoms with Crippen LogP contribution >= 0.6 is 0 Å². The van der Waals surface area contributed by atoms with Crippen LogP contribution in [0.15, 0.2) is 77.4 Å². The van der Waals surface area contributed by atoms with E-state index in [1.807, 2.05) is 18.2 Å². The molecule has 0 saturated carbocycles. The van der Waals surface area contributed by atoms with Crippen molar-refractivity contribution in [3.05, 3.63) is 84.3 Å². The van der Waals surface area contributed by atoms with Crippen LogP contribution in [-0.2, 0) is 0 Å². The molecule has 1 unspecified atom stereocenters. The van der Waals surface area contributed by atoms with Crippen molar-refractivity contribution in [1.29, 1.82) is 0 Å². The van der Waals surface area contributed by atoms with Gasteiger partial charge in [0, 0.05) is 44.0 Å². The summed E-state index contributed by atoms with van der Waals surface area (Å²) in [7, 11) is 1.61. The maximum atomic E-state index is 12.6. The minimum atomic E-state index is -0.0999. The number of anilines is 1. The fourth-order valence-electron chi connectivity index (χ4n) is 3.85. The van der Waals surface area contributed by atoms with E-state index in [2.05, 4.69) is 39.4 Å².